The van der Waals surface area contributed by atoms with Crippen LogP contribution >= 0.6 is 0 Å². The Hall–Kier alpha value is -1.59. The summed E-state index contributed by atoms with van der Waals surface area (Å²) in [5, 5.41) is 0. The number of nitrogens with zero attached hydrogens (tertiary/aromatic N) is 2. The zero-order chi connectivity index (χ0) is 17.0. The molecule has 1 aromatic rings. The second kappa shape index (κ2) is 7.79. The van der Waals surface area contributed by atoms with Crippen LogP contribution in [0.5, 0.6) is 5.75 Å². The van der Waals surface area contributed by atoms with E-state index >= 15 is 0 Å². The van der Waals surface area contributed by atoms with Crippen LogP contribution in [0.25, 0.3) is 0 Å². The van der Waals surface area contributed by atoms with E-state index in [1.54, 1.807) is 19.1 Å². The molecule has 2 atom stereocenters. The number of likely N-dealkylation sites (tertiary alicyclic amines) is 1. The molecule has 5 heteroatoms. The van der Waals surface area contributed by atoms with Gasteiger partial charge in [-0.25, -0.2) is 0 Å². The minimum Gasteiger partial charge on any atom is -0.496 e. The third-order valence-corrected chi connectivity index (χ3v) is 4.52. The molecule has 1 heterocycles. The van der Waals surface area contributed by atoms with E-state index < -0.39 is 0 Å². The minimum atomic E-state index is 0.0179. The molecule has 1 amide bonds. The number of rotatable bonds is 6. The first-order chi connectivity index (χ1) is 11.0. The van der Waals surface area contributed by atoms with E-state index in [0.29, 0.717) is 6.61 Å². The Morgan fingerprint density at radius 3 is 2.61 bits per heavy atom. The minimum absolute atomic E-state index is 0.0179. The first kappa shape index (κ1) is 17.8. The smallest absolute Gasteiger partial charge is 0.226 e. The molecule has 0 N–H and O–H groups in total. The average molecular weight is 320 g/mol. The van der Waals surface area contributed by atoms with Crippen molar-refractivity contribution in [3.8, 4) is 5.75 Å². The van der Waals surface area contributed by atoms with E-state index in [1.807, 2.05) is 20.2 Å². The van der Waals surface area contributed by atoms with Crippen LogP contribution in [-0.2, 0) is 16.1 Å². The molecule has 1 aromatic carbocycles. The zero-order valence-corrected chi connectivity index (χ0v) is 14.8. The summed E-state index contributed by atoms with van der Waals surface area (Å²) in [5.41, 5.74) is 2.39. The number of hydrogen-bond acceptors (Lipinski definition) is 4. The molecule has 0 radical (unpaired) electrons. The van der Waals surface area contributed by atoms with Gasteiger partial charge in [0.05, 0.1) is 19.6 Å². The summed E-state index contributed by atoms with van der Waals surface area (Å²) in [5.74, 6) is 1.38. The molecule has 0 aromatic heterocycles. The number of benzene rings is 1. The molecule has 128 valence electrons. The number of carbonyl (C=O) groups excluding carboxylic acids is 1. The van der Waals surface area contributed by atoms with Gasteiger partial charge in [-0.05, 0) is 24.1 Å². The fourth-order valence-corrected chi connectivity index (χ4v) is 3.38. The number of aryl methyl sites for hydroxylation is 1. The summed E-state index contributed by atoms with van der Waals surface area (Å²) < 4.78 is 10.6. The maximum Gasteiger partial charge on any atom is 0.226 e. The highest BCUT2D eigenvalue weighted by Gasteiger charge is 2.38. The van der Waals surface area contributed by atoms with Crippen LogP contribution in [0.4, 0.5) is 0 Å². The zero-order valence-electron chi connectivity index (χ0n) is 14.8. The van der Waals surface area contributed by atoms with E-state index in [4.69, 9.17) is 9.47 Å². The molecule has 23 heavy (non-hydrogen) atoms. The summed E-state index contributed by atoms with van der Waals surface area (Å²) in [7, 11) is 7.03. The molecular formula is C18H28N2O3. The van der Waals surface area contributed by atoms with Gasteiger partial charge in [0.2, 0.25) is 5.91 Å². The van der Waals surface area contributed by atoms with Gasteiger partial charge in [0.15, 0.2) is 0 Å². The quantitative estimate of drug-likeness (QED) is 0.801. The Kier molecular flexibility index (Phi) is 6.02. The summed E-state index contributed by atoms with van der Waals surface area (Å²) in [6.45, 7) is 5.21. The Morgan fingerprint density at radius 1 is 1.30 bits per heavy atom. The van der Waals surface area contributed by atoms with Crippen molar-refractivity contribution in [2.24, 2.45) is 11.8 Å². The summed E-state index contributed by atoms with van der Waals surface area (Å²) in [6, 6.07) is 6.26. The van der Waals surface area contributed by atoms with Crippen molar-refractivity contribution < 1.29 is 14.3 Å². The first-order valence-corrected chi connectivity index (χ1v) is 8.02. The molecule has 1 fully saturated rings. The molecule has 1 aliphatic heterocycles. The van der Waals surface area contributed by atoms with E-state index in [2.05, 4.69) is 24.0 Å². The van der Waals surface area contributed by atoms with Crippen LogP contribution in [-0.4, -0.2) is 63.7 Å². The SMILES string of the molecule is COC[C@@H]1CN(Cc2ccc(OC)c(C)c2)C[C@H]1C(=O)N(C)C. The molecule has 0 saturated carbocycles. The highest BCUT2D eigenvalue weighted by atomic mass is 16.5. The highest BCUT2D eigenvalue weighted by molar-refractivity contribution is 5.79. The maximum atomic E-state index is 12.4. The molecule has 0 spiro atoms. The third kappa shape index (κ3) is 4.24. The van der Waals surface area contributed by atoms with Crippen molar-refractivity contribution >= 4 is 5.91 Å². The van der Waals surface area contributed by atoms with Crippen LogP contribution in [0.3, 0.4) is 0 Å². The normalized spacial score (nSPS) is 21.4. The van der Waals surface area contributed by atoms with E-state index in [9.17, 15) is 4.79 Å². The van der Waals surface area contributed by atoms with Gasteiger partial charge in [-0.15, -0.1) is 0 Å². The van der Waals surface area contributed by atoms with Gasteiger partial charge in [0, 0.05) is 46.8 Å². The molecule has 0 unspecified atom stereocenters. The number of methoxy groups -OCH3 is 2. The highest BCUT2D eigenvalue weighted by Crippen LogP contribution is 2.27. The monoisotopic (exact) mass is 320 g/mol. The van der Waals surface area contributed by atoms with Gasteiger partial charge in [-0.1, -0.05) is 12.1 Å². The van der Waals surface area contributed by atoms with Gasteiger partial charge < -0.3 is 14.4 Å². The Bertz CT molecular complexity index is 545. The van der Waals surface area contributed by atoms with Gasteiger partial charge in [0.25, 0.3) is 0 Å². The van der Waals surface area contributed by atoms with E-state index in [1.165, 1.54) is 5.56 Å². The van der Waals surface area contributed by atoms with Gasteiger partial charge in [-0.3, -0.25) is 9.69 Å². The predicted octanol–water partition coefficient (Wildman–Crippen LogP) is 1.79. The first-order valence-electron chi connectivity index (χ1n) is 8.02. The van der Waals surface area contributed by atoms with Gasteiger partial charge in [-0.2, -0.15) is 0 Å². The standard InChI is InChI=1S/C18H28N2O3/c1-13-8-14(6-7-17(13)23-5)9-20-10-15(12-22-4)16(11-20)18(21)19(2)3/h6-8,15-16H,9-12H2,1-5H3/t15-,16+/m0/s1. The molecule has 1 saturated heterocycles. The molecule has 0 aliphatic carbocycles. The third-order valence-electron chi connectivity index (χ3n) is 4.52. The van der Waals surface area contributed by atoms with Crippen LogP contribution < -0.4 is 4.74 Å². The summed E-state index contributed by atoms with van der Waals surface area (Å²) in [6.07, 6.45) is 0. The Labute approximate surface area is 139 Å². The van der Waals surface area contributed by atoms with Crippen molar-refractivity contribution in [1.82, 2.24) is 9.80 Å². The number of hydrogen-bond donors (Lipinski definition) is 0. The van der Waals surface area contributed by atoms with Gasteiger partial charge >= 0.3 is 0 Å². The van der Waals surface area contributed by atoms with Crippen molar-refractivity contribution in [2.45, 2.75) is 13.5 Å². The fourth-order valence-electron chi connectivity index (χ4n) is 3.38. The average Bonchev–Trinajstić information content (AvgIpc) is 2.89. The second-order valence-electron chi connectivity index (χ2n) is 6.55. The maximum absolute atomic E-state index is 12.4. The Morgan fingerprint density at radius 2 is 2.04 bits per heavy atom. The lowest BCUT2D eigenvalue weighted by molar-refractivity contribution is -0.134. The van der Waals surface area contributed by atoms with Crippen molar-refractivity contribution in [3.63, 3.8) is 0 Å². The van der Waals surface area contributed by atoms with Crippen LogP contribution in [0.2, 0.25) is 0 Å². The predicted molar refractivity (Wildman–Crippen MR) is 90.6 cm³/mol. The van der Waals surface area contributed by atoms with Crippen molar-refractivity contribution in [1.29, 1.82) is 0 Å². The Balaban J connectivity index is 2.06. The van der Waals surface area contributed by atoms with Crippen molar-refractivity contribution in [3.05, 3.63) is 29.3 Å². The fraction of sp³-hybridized carbons (Fsp3) is 0.611. The van der Waals surface area contributed by atoms with E-state index in [-0.39, 0.29) is 17.7 Å². The van der Waals surface area contributed by atoms with Crippen LogP contribution in [0, 0.1) is 18.8 Å². The largest absolute Gasteiger partial charge is 0.496 e. The van der Waals surface area contributed by atoms with Crippen LogP contribution in [0.1, 0.15) is 11.1 Å². The van der Waals surface area contributed by atoms with Crippen molar-refractivity contribution in [2.75, 3.05) is 48.0 Å². The molecule has 1 aliphatic rings. The number of carbonyl (C=O) groups is 1. The van der Waals surface area contributed by atoms with Gasteiger partial charge in [0.1, 0.15) is 5.75 Å². The number of ether oxygens (including phenoxy) is 2. The second-order valence-corrected chi connectivity index (χ2v) is 6.55. The molecular weight excluding hydrogens is 292 g/mol. The molecule has 0 bridgehead atoms. The lowest BCUT2D eigenvalue weighted by atomic mass is 9.96. The summed E-state index contributed by atoms with van der Waals surface area (Å²) >= 11 is 0. The molecule has 2 rings (SSSR count). The topological polar surface area (TPSA) is 42.0 Å². The van der Waals surface area contributed by atoms with Crippen LogP contribution in [0.15, 0.2) is 18.2 Å². The van der Waals surface area contributed by atoms with E-state index in [0.717, 1.165) is 30.9 Å². The number of amides is 1. The molecule has 5 nitrogen and oxygen atoms in total. The lowest BCUT2D eigenvalue weighted by Gasteiger charge is -2.20. The summed E-state index contributed by atoms with van der Waals surface area (Å²) in [4.78, 5) is 16.4. The lowest BCUT2D eigenvalue weighted by Crippen LogP contribution is -2.35.